The van der Waals surface area contributed by atoms with Gasteiger partial charge in [-0.15, -0.1) is 0 Å². The predicted octanol–water partition coefficient (Wildman–Crippen LogP) is 1.36. The number of nitrogens with one attached hydrogen (secondary N) is 2. The quantitative estimate of drug-likeness (QED) is 0.640. The predicted molar refractivity (Wildman–Crippen MR) is 78.8 cm³/mol. The van der Waals surface area contributed by atoms with Crippen molar-refractivity contribution in [2.24, 2.45) is 0 Å². The van der Waals surface area contributed by atoms with Crippen LogP contribution in [0.4, 0.5) is 11.4 Å². The summed E-state index contributed by atoms with van der Waals surface area (Å²) < 4.78 is 0.615. The van der Waals surface area contributed by atoms with Gasteiger partial charge in [0, 0.05) is 10.5 Å². The Balaban J connectivity index is 2.01. The van der Waals surface area contributed by atoms with Crippen molar-refractivity contribution >= 4 is 33.2 Å². The number of piperidine rings is 1. The van der Waals surface area contributed by atoms with E-state index < -0.39 is 4.92 Å². The summed E-state index contributed by atoms with van der Waals surface area (Å²) in [6, 6.07) is 4.62. The van der Waals surface area contributed by atoms with Crippen LogP contribution in [-0.4, -0.2) is 30.5 Å². The fourth-order valence-corrected chi connectivity index (χ4v) is 2.76. The highest BCUT2D eigenvalue weighted by Crippen LogP contribution is 2.27. The number of benzene rings is 1. The number of hydrogen-bond acceptors (Lipinski definition) is 3. The van der Waals surface area contributed by atoms with Crippen LogP contribution in [0, 0.1) is 10.1 Å². The number of hydrogen-bond donors (Lipinski definition) is 2. The molecule has 0 spiro atoms. The molecule has 1 fully saturated rings. The van der Waals surface area contributed by atoms with Gasteiger partial charge in [0.2, 0.25) is 0 Å². The van der Waals surface area contributed by atoms with Gasteiger partial charge >= 0.3 is 0 Å². The van der Waals surface area contributed by atoms with Gasteiger partial charge in [0.1, 0.15) is 5.69 Å². The Kier molecular flexibility index (Phi) is 5.08. The Morgan fingerprint density at radius 1 is 1.35 bits per heavy atom. The summed E-state index contributed by atoms with van der Waals surface area (Å²) in [6.45, 7) is 2.36. The van der Waals surface area contributed by atoms with Gasteiger partial charge in [0.25, 0.3) is 11.6 Å². The first-order chi connectivity index (χ1) is 9.56. The Labute approximate surface area is 125 Å². The second kappa shape index (κ2) is 6.81. The van der Waals surface area contributed by atoms with Gasteiger partial charge in [-0.2, -0.15) is 0 Å². The fourth-order valence-electron chi connectivity index (χ4n) is 2.41. The molecular weight excluding hydrogens is 326 g/mol. The molecule has 1 aromatic rings. The number of quaternary nitrogens is 1. The third kappa shape index (κ3) is 4.01. The zero-order valence-corrected chi connectivity index (χ0v) is 12.6. The van der Waals surface area contributed by atoms with Crippen LogP contribution < -0.4 is 10.2 Å². The third-order valence-electron chi connectivity index (χ3n) is 3.40. The number of nitrogens with zero attached hydrogens (tertiary/aromatic N) is 1. The minimum atomic E-state index is -0.492. The number of likely N-dealkylation sites (tertiary alicyclic amines) is 1. The minimum Gasteiger partial charge on any atom is -0.327 e. The second-order valence-electron chi connectivity index (χ2n) is 4.95. The Hall–Kier alpha value is -1.47. The fraction of sp³-hybridized carbons (Fsp3) is 0.462. The molecule has 0 bridgehead atoms. The number of anilines is 1. The summed E-state index contributed by atoms with van der Waals surface area (Å²) in [7, 11) is 0. The van der Waals surface area contributed by atoms with E-state index in [0.29, 0.717) is 11.0 Å². The summed E-state index contributed by atoms with van der Waals surface area (Å²) in [6.07, 6.45) is 3.51. The van der Waals surface area contributed by atoms with Crippen LogP contribution in [0.2, 0.25) is 0 Å². The van der Waals surface area contributed by atoms with Gasteiger partial charge in [-0.25, -0.2) is 0 Å². The van der Waals surface area contributed by atoms with Crippen molar-refractivity contribution in [1.82, 2.24) is 0 Å². The lowest BCUT2D eigenvalue weighted by atomic mass is 10.1. The summed E-state index contributed by atoms with van der Waals surface area (Å²) in [5.74, 6) is -0.174. The Morgan fingerprint density at radius 2 is 2.05 bits per heavy atom. The SMILES string of the molecule is O=C(C[NH+]1CCCCC1)Nc1ccc(Br)cc1[N+](=O)[O-]. The Morgan fingerprint density at radius 3 is 2.70 bits per heavy atom. The molecule has 2 N–H and O–H groups in total. The van der Waals surface area contributed by atoms with E-state index in [1.165, 1.54) is 17.4 Å². The average Bonchev–Trinajstić information content (AvgIpc) is 2.41. The topological polar surface area (TPSA) is 76.7 Å². The van der Waals surface area contributed by atoms with Crippen LogP contribution in [0.3, 0.4) is 0 Å². The maximum Gasteiger partial charge on any atom is 0.293 e. The van der Waals surface area contributed by atoms with E-state index in [1.54, 1.807) is 12.1 Å². The molecule has 1 heterocycles. The van der Waals surface area contributed by atoms with Crippen LogP contribution in [0.5, 0.6) is 0 Å². The number of carbonyl (C=O) groups excluding carboxylic acids is 1. The van der Waals surface area contributed by atoms with Gasteiger partial charge in [0.15, 0.2) is 6.54 Å². The maximum atomic E-state index is 12.0. The van der Waals surface area contributed by atoms with Crippen LogP contribution >= 0.6 is 15.9 Å². The van der Waals surface area contributed by atoms with E-state index in [0.717, 1.165) is 25.9 Å². The standard InChI is InChI=1S/C13H16BrN3O3/c14-10-4-5-11(12(8-10)17(19)20)15-13(18)9-16-6-2-1-3-7-16/h4-5,8H,1-3,6-7,9H2,(H,15,18)/p+1. The van der Waals surface area contributed by atoms with E-state index in [1.807, 2.05) is 0 Å². The van der Waals surface area contributed by atoms with Crippen LogP contribution in [-0.2, 0) is 4.79 Å². The molecule has 1 amide bonds. The molecule has 1 aliphatic heterocycles. The molecular formula is C13H17BrN3O3+. The summed E-state index contributed by atoms with van der Waals surface area (Å²) >= 11 is 3.19. The first-order valence-corrected chi connectivity index (χ1v) is 7.43. The van der Waals surface area contributed by atoms with Gasteiger partial charge in [-0.05, 0) is 31.4 Å². The van der Waals surface area contributed by atoms with Gasteiger partial charge in [-0.3, -0.25) is 14.9 Å². The summed E-state index contributed by atoms with van der Waals surface area (Å²) in [5, 5.41) is 13.6. The Bertz CT molecular complexity index is 516. The summed E-state index contributed by atoms with van der Waals surface area (Å²) in [4.78, 5) is 23.7. The molecule has 0 radical (unpaired) electrons. The molecule has 1 saturated heterocycles. The van der Waals surface area contributed by atoms with Crippen LogP contribution in [0.25, 0.3) is 0 Å². The molecule has 1 aliphatic rings. The zero-order valence-electron chi connectivity index (χ0n) is 11.0. The monoisotopic (exact) mass is 342 g/mol. The minimum absolute atomic E-state index is 0.0960. The first kappa shape index (κ1) is 14.9. The van der Waals surface area contributed by atoms with Crippen LogP contribution in [0.15, 0.2) is 22.7 Å². The van der Waals surface area contributed by atoms with Crippen molar-refractivity contribution in [1.29, 1.82) is 0 Å². The molecule has 0 unspecified atom stereocenters. The average molecular weight is 343 g/mol. The molecule has 2 rings (SSSR count). The van der Waals surface area contributed by atoms with E-state index in [9.17, 15) is 14.9 Å². The molecule has 7 heteroatoms. The number of halogens is 1. The number of amides is 1. The number of carbonyl (C=O) groups is 1. The van der Waals surface area contributed by atoms with E-state index >= 15 is 0 Å². The highest BCUT2D eigenvalue weighted by atomic mass is 79.9. The van der Waals surface area contributed by atoms with Gasteiger partial charge in [0.05, 0.1) is 18.0 Å². The van der Waals surface area contributed by atoms with Gasteiger partial charge in [-0.1, -0.05) is 15.9 Å². The maximum absolute atomic E-state index is 12.0. The van der Waals surface area contributed by atoms with E-state index in [2.05, 4.69) is 21.2 Å². The summed E-state index contributed by atoms with van der Waals surface area (Å²) in [5.41, 5.74) is 0.154. The second-order valence-corrected chi connectivity index (χ2v) is 5.87. The molecule has 20 heavy (non-hydrogen) atoms. The molecule has 108 valence electrons. The molecule has 6 nitrogen and oxygen atoms in total. The van der Waals surface area contributed by atoms with E-state index in [-0.39, 0.29) is 17.3 Å². The highest BCUT2D eigenvalue weighted by molar-refractivity contribution is 9.10. The molecule has 0 aliphatic carbocycles. The van der Waals surface area contributed by atoms with E-state index in [4.69, 9.17) is 0 Å². The largest absolute Gasteiger partial charge is 0.327 e. The van der Waals surface area contributed by atoms with Gasteiger partial charge < -0.3 is 10.2 Å². The smallest absolute Gasteiger partial charge is 0.293 e. The number of nitro groups is 1. The normalized spacial score (nSPS) is 15.8. The molecule has 0 atom stereocenters. The van der Waals surface area contributed by atoms with Crippen molar-refractivity contribution in [2.45, 2.75) is 19.3 Å². The zero-order chi connectivity index (χ0) is 14.5. The lowest BCUT2D eigenvalue weighted by Crippen LogP contribution is -3.13. The third-order valence-corrected chi connectivity index (χ3v) is 3.90. The lowest BCUT2D eigenvalue weighted by molar-refractivity contribution is -0.896. The van der Waals surface area contributed by atoms with Crippen molar-refractivity contribution in [3.8, 4) is 0 Å². The number of rotatable bonds is 4. The van der Waals surface area contributed by atoms with Crippen molar-refractivity contribution in [3.05, 3.63) is 32.8 Å². The van der Waals surface area contributed by atoms with Crippen molar-refractivity contribution in [3.63, 3.8) is 0 Å². The van der Waals surface area contributed by atoms with Crippen LogP contribution in [0.1, 0.15) is 19.3 Å². The van der Waals surface area contributed by atoms with Crippen molar-refractivity contribution < 1.29 is 14.6 Å². The molecule has 0 aromatic heterocycles. The van der Waals surface area contributed by atoms with Crippen molar-refractivity contribution in [2.75, 3.05) is 25.0 Å². The highest BCUT2D eigenvalue weighted by Gasteiger charge is 2.20. The molecule has 1 aromatic carbocycles. The number of nitro benzene ring substituents is 1. The first-order valence-electron chi connectivity index (χ1n) is 6.63. The molecule has 0 saturated carbocycles. The lowest BCUT2D eigenvalue weighted by Gasteiger charge is -2.22.